The molecule has 0 radical (unpaired) electrons. The van der Waals surface area contributed by atoms with E-state index in [1.54, 1.807) is 12.1 Å². The number of rotatable bonds is 5. The van der Waals surface area contributed by atoms with Gasteiger partial charge in [-0.15, -0.1) is 11.3 Å². The SMILES string of the molecule is O=C(Nc1nc(CC(=O)N2C3C=C(c4ccccc4)CC2CC3)cs1)c1ccccc1. The Morgan fingerprint density at radius 3 is 2.52 bits per heavy atom. The Morgan fingerprint density at radius 1 is 1.03 bits per heavy atom. The van der Waals surface area contributed by atoms with Crippen LogP contribution in [0.25, 0.3) is 5.57 Å². The van der Waals surface area contributed by atoms with Crippen LogP contribution < -0.4 is 5.32 Å². The Kier molecular flexibility index (Phi) is 5.38. The number of hydrogen-bond donors (Lipinski definition) is 1. The average molecular weight is 430 g/mol. The molecular formula is C25H23N3O2S. The summed E-state index contributed by atoms with van der Waals surface area (Å²) in [4.78, 5) is 31.9. The second kappa shape index (κ2) is 8.47. The Bertz CT molecular complexity index is 1120. The zero-order valence-electron chi connectivity index (χ0n) is 17.0. The van der Waals surface area contributed by atoms with Gasteiger partial charge in [-0.05, 0) is 42.5 Å². The largest absolute Gasteiger partial charge is 0.333 e. The van der Waals surface area contributed by atoms with Crippen LogP contribution in [-0.4, -0.2) is 33.8 Å². The number of amides is 2. The van der Waals surface area contributed by atoms with E-state index in [9.17, 15) is 9.59 Å². The van der Waals surface area contributed by atoms with Crippen molar-refractivity contribution in [1.29, 1.82) is 0 Å². The third-order valence-electron chi connectivity index (χ3n) is 5.97. The van der Waals surface area contributed by atoms with Gasteiger partial charge in [0.15, 0.2) is 5.13 Å². The van der Waals surface area contributed by atoms with Crippen molar-refractivity contribution in [1.82, 2.24) is 9.88 Å². The molecule has 1 saturated heterocycles. The molecule has 2 unspecified atom stereocenters. The molecule has 0 spiro atoms. The van der Waals surface area contributed by atoms with Gasteiger partial charge in [-0.25, -0.2) is 4.98 Å². The smallest absolute Gasteiger partial charge is 0.257 e. The van der Waals surface area contributed by atoms with Crippen LogP contribution in [0.4, 0.5) is 5.13 Å². The molecule has 3 heterocycles. The van der Waals surface area contributed by atoms with Gasteiger partial charge in [0.2, 0.25) is 5.91 Å². The molecule has 1 aromatic heterocycles. The van der Waals surface area contributed by atoms with Gasteiger partial charge >= 0.3 is 0 Å². The van der Waals surface area contributed by atoms with E-state index >= 15 is 0 Å². The normalized spacial score (nSPS) is 19.7. The first kappa shape index (κ1) is 19.7. The molecule has 1 N–H and O–H groups in total. The van der Waals surface area contributed by atoms with E-state index in [1.165, 1.54) is 22.5 Å². The minimum absolute atomic E-state index is 0.113. The molecule has 0 aliphatic carbocycles. The van der Waals surface area contributed by atoms with E-state index in [2.05, 4.69) is 40.6 Å². The number of aromatic nitrogens is 1. The molecule has 5 nitrogen and oxygen atoms in total. The quantitative estimate of drug-likeness (QED) is 0.635. The fourth-order valence-corrected chi connectivity index (χ4v) is 5.24. The molecule has 156 valence electrons. The summed E-state index contributed by atoms with van der Waals surface area (Å²) in [7, 11) is 0. The molecule has 2 aliphatic heterocycles. The first-order valence-corrected chi connectivity index (χ1v) is 11.4. The van der Waals surface area contributed by atoms with Crippen LogP contribution in [0.15, 0.2) is 72.1 Å². The highest BCUT2D eigenvalue weighted by molar-refractivity contribution is 7.14. The monoisotopic (exact) mass is 429 g/mol. The van der Waals surface area contributed by atoms with Crippen LogP contribution in [0.5, 0.6) is 0 Å². The van der Waals surface area contributed by atoms with E-state index in [0.29, 0.717) is 16.4 Å². The maximum absolute atomic E-state index is 13.1. The highest BCUT2D eigenvalue weighted by Crippen LogP contribution is 2.38. The Hall–Kier alpha value is -3.25. The van der Waals surface area contributed by atoms with Gasteiger partial charge in [-0.1, -0.05) is 54.6 Å². The van der Waals surface area contributed by atoms with Gasteiger partial charge in [0, 0.05) is 17.0 Å². The van der Waals surface area contributed by atoms with E-state index in [0.717, 1.165) is 19.3 Å². The van der Waals surface area contributed by atoms with Gasteiger partial charge in [-0.3, -0.25) is 14.9 Å². The summed E-state index contributed by atoms with van der Waals surface area (Å²) >= 11 is 1.35. The highest BCUT2D eigenvalue weighted by Gasteiger charge is 2.39. The Labute approximate surface area is 185 Å². The summed E-state index contributed by atoms with van der Waals surface area (Å²) in [5.74, 6) is -0.0809. The lowest BCUT2D eigenvalue weighted by atomic mass is 9.94. The first-order valence-electron chi connectivity index (χ1n) is 10.6. The number of hydrogen-bond acceptors (Lipinski definition) is 4. The van der Waals surface area contributed by atoms with Gasteiger partial charge in [0.1, 0.15) is 0 Å². The minimum atomic E-state index is -0.194. The lowest BCUT2D eigenvalue weighted by Crippen LogP contribution is -2.43. The lowest BCUT2D eigenvalue weighted by molar-refractivity contribution is -0.132. The third-order valence-corrected chi connectivity index (χ3v) is 6.78. The van der Waals surface area contributed by atoms with Crippen LogP contribution in [0.1, 0.15) is 40.9 Å². The molecule has 1 fully saturated rings. The number of fused-ring (bicyclic) bond motifs is 2. The fourth-order valence-electron chi connectivity index (χ4n) is 4.54. The molecule has 31 heavy (non-hydrogen) atoms. The molecule has 2 aromatic carbocycles. The van der Waals surface area contributed by atoms with Crippen LogP contribution in [0.3, 0.4) is 0 Å². The van der Waals surface area contributed by atoms with Gasteiger partial charge in [-0.2, -0.15) is 0 Å². The van der Waals surface area contributed by atoms with E-state index in [-0.39, 0.29) is 30.3 Å². The van der Waals surface area contributed by atoms with E-state index in [4.69, 9.17) is 0 Å². The molecule has 2 bridgehead atoms. The number of thiazole rings is 1. The third kappa shape index (κ3) is 4.16. The zero-order valence-corrected chi connectivity index (χ0v) is 17.8. The average Bonchev–Trinajstić information content (AvgIpc) is 3.35. The van der Waals surface area contributed by atoms with Crippen LogP contribution in [0.2, 0.25) is 0 Å². The van der Waals surface area contributed by atoms with Crippen LogP contribution in [0, 0.1) is 0 Å². The Balaban J connectivity index is 1.24. The lowest BCUT2D eigenvalue weighted by Gasteiger charge is -2.34. The topological polar surface area (TPSA) is 62.3 Å². The fraction of sp³-hybridized carbons (Fsp3) is 0.240. The van der Waals surface area contributed by atoms with E-state index in [1.807, 2.05) is 34.5 Å². The van der Waals surface area contributed by atoms with Crippen molar-refractivity contribution in [2.45, 2.75) is 37.8 Å². The number of nitrogens with zero attached hydrogens (tertiary/aromatic N) is 2. The summed E-state index contributed by atoms with van der Waals surface area (Å²) in [6.45, 7) is 0. The minimum Gasteiger partial charge on any atom is -0.333 e. The molecule has 3 aromatic rings. The molecule has 2 amide bonds. The number of anilines is 1. The maximum Gasteiger partial charge on any atom is 0.257 e. The zero-order chi connectivity index (χ0) is 21.2. The second-order valence-electron chi connectivity index (χ2n) is 8.00. The standard InChI is InChI=1S/C25H23N3O2S/c29-23(15-20-16-31-25(26-20)27-24(30)18-9-5-2-6-10-18)28-21-11-12-22(28)14-19(13-21)17-7-3-1-4-8-17/h1-10,13,16,21-22H,11-12,14-15H2,(H,26,27,30). The summed E-state index contributed by atoms with van der Waals surface area (Å²) < 4.78 is 0. The Morgan fingerprint density at radius 2 is 1.77 bits per heavy atom. The summed E-state index contributed by atoms with van der Waals surface area (Å²) in [6.07, 6.45) is 5.49. The molecule has 5 rings (SSSR count). The molecule has 2 aliphatic rings. The number of benzene rings is 2. The number of nitrogens with one attached hydrogen (secondary N) is 1. The van der Waals surface area contributed by atoms with Gasteiger partial charge in [0.25, 0.3) is 5.91 Å². The second-order valence-corrected chi connectivity index (χ2v) is 8.86. The number of carbonyl (C=O) groups is 2. The molecule has 0 saturated carbocycles. The van der Waals surface area contributed by atoms with Crippen molar-refractivity contribution < 1.29 is 9.59 Å². The van der Waals surface area contributed by atoms with Gasteiger partial charge in [0.05, 0.1) is 18.2 Å². The van der Waals surface area contributed by atoms with E-state index < -0.39 is 0 Å². The van der Waals surface area contributed by atoms with Crippen molar-refractivity contribution in [3.63, 3.8) is 0 Å². The van der Waals surface area contributed by atoms with Crippen LogP contribution in [-0.2, 0) is 11.2 Å². The highest BCUT2D eigenvalue weighted by atomic mass is 32.1. The number of carbonyl (C=O) groups excluding carboxylic acids is 2. The van der Waals surface area contributed by atoms with Crippen molar-refractivity contribution in [3.05, 3.63) is 88.9 Å². The predicted molar refractivity (Wildman–Crippen MR) is 123 cm³/mol. The summed E-state index contributed by atoms with van der Waals surface area (Å²) in [5.41, 5.74) is 3.89. The van der Waals surface area contributed by atoms with Crippen LogP contribution >= 0.6 is 11.3 Å². The van der Waals surface area contributed by atoms with Crippen molar-refractivity contribution in [3.8, 4) is 0 Å². The molecule has 6 heteroatoms. The van der Waals surface area contributed by atoms with Crippen molar-refractivity contribution in [2.24, 2.45) is 0 Å². The molecular weight excluding hydrogens is 406 g/mol. The van der Waals surface area contributed by atoms with Gasteiger partial charge < -0.3 is 4.90 Å². The summed E-state index contributed by atoms with van der Waals surface area (Å²) in [6, 6.07) is 19.9. The molecule has 2 atom stereocenters. The maximum atomic E-state index is 13.1. The van der Waals surface area contributed by atoms with Crippen molar-refractivity contribution >= 4 is 33.9 Å². The predicted octanol–water partition coefficient (Wildman–Crippen LogP) is 4.78. The first-order chi connectivity index (χ1) is 15.2. The summed E-state index contributed by atoms with van der Waals surface area (Å²) in [5, 5.41) is 5.19. The van der Waals surface area contributed by atoms with Crippen molar-refractivity contribution in [2.75, 3.05) is 5.32 Å².